The van der Waals surface area contributed by atoms with Crippen LogP contribution in [0.4, 0.5) is 10.1 Å². The number of aromatic nitrogens is 1. The fourth-order valence-corrected chi connectivity index (χ4v) is 2.31. The normalized spacial score (nSPS) is 10.4. The number of halogens is 2. The van der Waals surface area contributed by atoms with Gasteiger partial charge in [0.2, 0.25) is 0 Å². The van der Waals surface area contributed by atoms with Crippen LogP contribution >= 0.6 is 27.3 Å². The maximum Gasteiger partial charge on any atom is 0.125 e. The van der Waals surface area contributed by atoms with Crippen LogP contribution in [0.2, 0.25) is 0 Å². The lowest BCUT2D eigenvalue weighted by atomic mass is 10.3. The van der Waals surface area contributed by atoms with E-state index in [-0.39, 0.29) is 5.82 Å². The lowest BCUT2D eigenvalue weighted by molar-refractivity contribution is 0.628. The molecule has 2 nitrogen and oxygen atoms in total. The molecular formula is C11H10BrFN2S. The van der Waals surface area contributed by atoms with E-state index in [1.165, 1.54) is 12.1 Å². The lowest BCUT2D eigenvalue weighted by Gasteiger charge is -2.06. The van der Waals surface area contributed by atoms with Crippen LogP contribution in [0, 0.1) is 12.7 Å². The topological polar surface area (TPSA) is 24.9 Å². The van der Waals surface area contributed by atoms with E-state index in [1.807, 2.05) is 12.3 Å². The third kappa shape index (κ3) is 2.80. The minimum Gasteiger partial charge on any atom is -0.378 e. The van der Waals surface area contributed by atoms with E-state index >= 15 is 0 Å². The summed E-state index contributed by atoms with van der Waals surface area (Å²) in [6.45, 7) is 2.57. The standard InChI is InChI=1S/C11H10BrFN2S/c1-7-15-9(6-16-7)5-14-11-4-8(13)2-3-10(11)12/h2-4,6,14H,5H2,1H3. The minimum absolute atomic E-state index is 0.250. The van der Waals surface area contributed by atoms with Crippen molar-refractivity contribution >= 4 is 33.0 Å². The first kappa shape index (κ1) is 11.5. The summed E-state index contributed by atoms with van der Waals surface area (Å²) < 4.78 is 13.9. The zero-order chi connectivity index (χ0) is 11.5. The van der Waals surface area contributed by atoms with Crippen LogP contribution in [0.25, 0.3) is 0 Å². The van der Waals surface area contributed by atoms with E-state index < -0.39 is 0 Å². The fraction of sp³-hybridized carbons (Fsp3) is 0.182. The van der Waals surface area contributed by atoms with Gasteiger partial charge in [0.1, 0.15) is 5.82 Å². The van der Waals surface area contributed by atoms with E-state index in [0.717, 1.165) is 20.9 Å². The van der Waals surface area contributed by atoms with E-state index in [9.17, 15) is 4.39 Å². The fourth-order valence-electron chi connectivity index (χ4n) is 1.31. The highest BCUT2D eigenvalue weighted by Gasteiger charge is 2.03. The van der Waals surface area contributed by atoms with Gasteiger partial charge in [0, 0.05) is 9.85 Å². The average molecular weight is 301 g/mol. The molecule has 16 heavy (non-hydrogen) atoms. The van der Waals surface area contributed by atoms with Crippen LogP contribution < -0.4 is 5.32 Å². The summed E-state index contributed by atoms with van der Waals surface area (Å²) in [4.78, 5) is 4.32. The molecule has 5 heteroatoms. The van der Waals surface area contributed by atoms with Crippen LogP contribution in [0.1, 0.15) is 10.7 Å². The Hall–Kier alpha value is -0.940. The van der Waals surface area contributed by atoms with Crippen molar-refractivity contribution in [2.75, 3.05) is 5.32 Å². The molecule has 1 heterocycles. The van der Waals surface area contributed by atoms with Crippen molar-refractivity contribution in [3.63, 3.8) is 0 Å². The smallest absolute Gasteiger partial charge is 0.125 e. The molecule has 0 saturated heterocycles. The van der Waals surface area contributed by atoms with E-state index in [0.29, 0.717) is 6.54 Å². The first-order valence-electron chi connectivity index (χ1n) is 4.75. The Kier molecular flexibility index (Phi) is 3.56. The number of rotatable bonds is 3. The molecule has 0 aliphatic heterocycles. The summed E-state index contributed by atoms with van der Waals surface area (Å²) in [6.07, 6.45) is 0. The number of hydrogen-bond donors (Lipinski definition) is 1. The van der Waals surface area contributed by atoms with Crippen LogP contribution in [-0.4, -0.2) is 4.98 Å². The molecule has 0 radical (unpaired) electrons. The van der Waals surface area contributed by atoms with Gasteiger partial charge in [0.05, 0.1) is 22.9 Å². The number of benzene rings is 1. The zero-order valence-corrected chi connectivity index (χ0v) is 11.0. The molecule has 2 rings (SSSR count). The molecule has 0 amide bonds. The quantitative estimate of drug-likeness (QED) is 0.928. The number of nitrogens with one attached hydrogen (secondary N) is 1. The Bertz CT molecular complexity index is 498. The van der Waals surface area contributed by atoms with Crippen molar-refractivity contribution < 1.29 is 4.39 Å². The Morgan fingerprint density at radius 2 is 2.31 bits per heavy atom. The van der Waals surface area contributed by atoms with Gasteiger partial charge < -0.3 is 5.32 Å². The van der Waals surface area contributed by atoms with Crippen LogP contribution in [0.3, 0.4) is 0 Å². The van der Waals surface area contributed by atoms with Crippen molar-refractivity contribution in [2.45, 2.75) is 13.5 Å². The van der Waals surface area contributed by atoms with Gasteiger partial charge in [-0.15, -0.1) is 11.3 Å². The summed E-state index contributed by atoms with van der Waals surface area (Å²) >= 11 is 4.97. The minimum atomic E-state index is -0.250. The molecule has 0 fully saturated rings. The summed E-state index contributed by atoms with van der Waals surface area (Å²) in [7, 11) is 0. The van der Waals surface area contributed by atoms with Crippen LogP contribution in [0.15, 0.2) is 28.1 Å². The Labute approximate surface area is 106 Å². The highest BCUT2D eigenvalue weighted by atomic mass is 79.9. The molecule has 0 atom stereocenters. The largest absolute Gasteiger partial charge is 0.378 e. The highest BCUT2D eigenvalue weighted by Crippen LogP contribution is 2.23. The monoisotopic (exact) mass is 300 g/mol. The number of aryl methyl sites for hydroxylation is 1. The molecule has 1 aromatic carbocycles. The molecule has 0 bridgehead atoms. The van der Waals surface area contributed by atoms with Gasteiger partial charge in [-0.2, -0.15) is 0 Å². The molecule has 0 aliphatic carbocycles. The van der Waals surface area contributed by atoms with Gasteiger partial charge >= 0.3 is 0 Å². The molecule has 2 aromatic rings. The second-order valence-corrected chi connectivity index (χ2v) is 5.25. The highest BCUT2D eigenvalue weighted by molar-refractivity contribution is 9.10. The predicted octanol–water partition coefficient (Wildman–Crippen LogP) is 3.97. The zero-order valence-electron chi connectivity index (χ0n) is 8.63. The van der Waals surface area contributed by atoms with E-state index in [2.05, 4.69) is 26.2 Å². The average Bonchev–Trinajstić information content (AvgIpc) is 2.66. The van der Waals surface area contributed by atoms with Gasteiger partial charge in [-0.05, 0) is 41.1 Å². The second kappa shape index (κ2) is 4.93. The molecule has 84 valence electrons. The first-order chi connectivity index (χ1) is 7.65. The summed E-state index contributed by atoms with van der Waals surface area (Å²) in [5, 5.41) is 6.17. The number of hydrogen-bond acceptors (Lipinski definition) is 3. The van der Waals surface area contributed by atoms with Crippen molar-refractivity contribution in [3.8, 4) is 0 Å². The van der Waals surface area contributed by atoms with E-state index in [4.69, 9.17) is 0 Å². The Morgan fingerprint density at radius 3 is 3.00 bits per heavy atom. The first-order valence-corrected chi connectivity index (χ1v) is 6.42. The molecular weight excluding hydrogens is 291 g/mol. The number of nitrogens with zero attached hydrogens (tertiary/aromatic N) is 1. The number of thiazole rings is 1. The van der Waals surface area contributed by atoms with Crippen molar-refractivity contribution in [2.24, 2.45) is 0 Å². The van der Waals surface area contributed by atoms with Gasteiger partial charge in [-0.25, -0.2) is 9.37 Å². The predicted molar refractivity (Wildman–Crippen MR) is 68.3 cm³/mol. The Morgan fingerprint density at radius 1 is 1.50 bits per heavy atom. The molecule has 0 unspecified atom stereocenters. The van der Waals surface area contributed by atoms with E-state index in [1.54, 1.807) is 17.4 Å². The molecule has 1 N–H and O–H groups in total. The van der Waals surface area contributed by atoms with Crippen LogP contribution in [-0.2, 0) is 6.54 Å². The van der Waals surface area contributed by atoms with Crippen molar-refractivity contribution in [3.05, 3.63) is 44.6 Å². The Balaban J connectivity index is 2.07. The SMILES string of the molecule is Cc1nc(CNc2cc(F)ccc2Br)cs1. The second-order valence-electron chi connectivity index (χ2n) is 3.34. The number of anilines is 1. The summed E-state index contributed by atoms with van der Waals surface area (Å²) in [6, 6.07) is 4.57. The molecule has 1 aromatic heterocycles. The third-order valence-corrected chi connectivity index (χ3v) is 3.57. The van der Waals surface area contributed by atoms with Crippen molar-refractivity contribution in [1.29, 1.82) is 0 Å². The van der Waals surface area contributed by atoms with Gasteiger partial charge in [0.15, 0.2) is 0 Å². The molecule has 0 spiro atoms. The molecule has 0 saturated carbocycles. The van der Waals surface area contributed by atoms with Crippen molar-refractivity contribution in [1.82, 2.24) is 4.98 Å². The summed E-state index contributed by atoms with van der Waals surface area (Å²) in [5.74, 6) is -0.250. The van der Waals surface area contributed by atoms with Gasteiger partial charge in [-0.1, -0.05) is 0 Å². The van der Waals surface area contributed by atoms with Gasteiger partial charge in [-0.3, -0.25) is 0 Å². The van der Waals surface area contributed by atoms with Crippen LogP contribution in [0.5, 0.6) is 0 Å². The van der Waals surface area contributed by atoms with Gasteiger partial charge in [0.25, 0.3) is 0 Å². The molecule has 0 aliphatic rings. The summed E-state index contributed by atoms with van der Waals surface area (Å²) in [5.41, 5.74) is 1.71. The maximum atomic E-state index is 13.0. The lowest BCUT2D eigenvalue weighted by Crippen LogP contribution is -2.00. The maximum absolute atomic E-state index is 13.0. The third-order valence-electron chi connectivity index (χ3n) is 2.05.